The Bertz CT molecular complexity index is 669. The van der Waals surface area contributed by atoms with Gasteiger partial charge in [-0.3, -0.25) is 17.8 Å². The molecule has 0 aromatic carbocycles. The van der Waals surface area contributed by atoms with E-state index in [1.54, 1.807) is 0 Å². The molecule has 5 N–H and O–H groups in total. The van der Waals surface area contributed by atoms with Crippen molar-refractivity contribution in [1.29, 1.82) is 0 Å². The van der Waals surface area contributed by atoms with Gasteiger partial charge in [-0.05, 0) is 104 Å². The number of aliphatic hydroxyl groups is 2. The van der Waals surface area contributed by atoms with Gasteiger partial charge in [-0.15, -0.1) is 0 Å². The highest BCUT2D eigenvalue weighted by Gasteiger charge is 2.64. The number of rotatable bonds is 6. The number of hydrogen-bond acceptors (Lipinski definition) is 6. The molecule has 0 bridgehead atoms. The molecule has 0 heterocycles. The van der Waals surface area contributed by atoms with Crippen molar-refractivity contribution in [3.8, 4) is 0 Å². The van der Waals surface area contributed by atoms with Crippen LogP contribution in [-0.2, 0) is 4.18 Å². The molecule has 188 valence electrons. The highest BCUT2D eigenvalue weighted by molar-refractivity contribution is 8.15. The minimum Gasteiger partial charge on any atom is -0.393 e. The van der Waals surface area contributed by atoms with E-state index in [1.807, 2.05) is 0 Å². The molecule has 11 atom stereocenters. The van der Waals surface area contributed by atoms with Crippen LogP contribution in [0.3, 0.4) is 0 Å². The molecular weight excluding hydrogens is 428 g/mol. The standard InChI is InChI=1S/C25H46O6S/c1-5-17-21-14-16(26)8-11-25(21,4)20-9-12-24(3)18(6-7-19(24)22(20)23(17)27)15(2)10-13-31-32(28,29)30/h15-23,26-30H,5-14H2,1-4H3/t15?,16-,17-,18?,19?,20?,21+,22?,23?,24-,25-/m1/s1. The SMILES string of the molecule is CC[C@H]1C(O)C2C3CCC(C(C)CCOS(O)(O)O)[C@@]3(C)CCC2[C@@]2(C)CC[C@@H](O)C[C@@H]12. The second kappa shape index (κ2) is 8.96. The van der Waals surface area contributed by atoms with Crippen LogP contribution in [0.5, 0.6) is 0 Å². The third kappa shape index (κ3) is 4.18. The highest BCUT2D eigenvalue weighted by Crippen LogP contribution is 2.69. The van der Waals surface area contributed by atoms with Crippen molar-refractivity contribution in [3.05, 3.63) is 0 Å². The molecule has 0 aliphatic heterocycles. The van der Waals surface area contributed by atoms with Crippen LogP contribution >= 0.6 is 11.2 Å². The lowest BCUT2D eigenvalue weighted by Crippen LogP contribution is -2.62. The van der Waals surface area contributed by atoms with Crippen LogP contribution < -0.4 is 0 Å². The van der Waals surface area contributed by atoms with Crippen molar-refractivity contribution in [2.24, 2.45) is 52.3 Å². The molecule has 4 aliphatic carbocycles. The van der Waals surface area contributed by atoms with E-state index in [1.165, 1.54) is 6.42 Å². The molecule has 0 aromatic heterocycles. The normalized spacial score (nSPS) is 50.3. The van der Waals surface area contributed by atoms with E-state index in [-0.39, 0.29) is 35.6 Å². The van der Waals surface area contributed by atoms with Crippen molar-refractivity contribution in [1.82, 2.24) is 0 Å². The van der Waals surface area contributed by atoms with Crippen LogP contribution in [0, 0.1) is 52.3 Å². The summed E-state index contributed by atoms with van der Waals surface area (Å²) in [6.45, 7) is 9.49. The average Bonchev–Trinajstić information content (AvgIpc) is 3.06. The van der Waals surface area contributed by atoms with Crippen LogP contribution in [0.25, 0.3) is 0 Å². The van der Waals surface area contributed by atoms with E-state index < -0.39 is 11.2 Å². The van der Waals surface area contributed by atoms with Gasteiger partial charge in [-0.25, -0.2) is 0 Å². The van der Waals surface area contributed by atoms with E-state index in [2.05, 4.69) is 27.7 Å². The topological polar surface area (TPSA) is 110 Å². The fourth-order valence-corrected chi connectivity index (χ4v) is 9.80. The number of hydrogen-bond donors (Lipinski definition) is 5. The van der Waals surface area contributed by atoms with Crippen molar-refractivity contribution in [2.45, 2.75) is 97.7 Å². The van der Waals surface area contributed by atoms with E-state index >= 15 is 0 Å². The molecule has 4 fully saturated rings. The Kier molecular flexibility index (Phi) is 7.06. The van der Waals surface area contributed by atoms with Crippen LogP contribution in [-0.4, -0.2) is 42.7 Å². The summed E-state index contributed by atoms with van der Waals surface area (Å²) in [5.41, 5.74) is 0.400. The maximum atomic E-state index is 11.7. The van der Waals surface area contributed by atoms with Gasteiger partial charge in [-0.2, -0.15) is 0 Å². The van der Waals surface area contributed by atoms with Gasteiger partial charge in [0.05, 0.1) is 18.8 Å². The van der Waals surface area contributed by atoms with E-state index in [9.17, 15) is 10.2 Å². The summed E-state index contributed by atoms with van der Waals surface area (Å²) in [6.07, 6.45) is 8.63. The molecule has 0 saturated heterocycles. The number of aliphatic hydroxyl groups excluding tert-OH is 2. The molecular formula is C25H46O6S. The molecule has 32 heavy (non-hydrogen) atoms. The van der Waals surface area contributed by atoms with Crippen LogP contribution in [0.4, 0.5) is 0 Å². The molecule has 0 aromatic rings. The first-order valence-electron chi connectivity index (χ1n) is 12.9. The van der Waals surface area contributed by atoms with Gasteiger partial charge in [0, 0.05) is 0 Å². The quantitative estimate of drug-likeness (QED) is 0.333. The smallest absolute Gasteiger partial charge is 0.216 e. The minimum atomic E-state index is -3.89. The monoisotopic (exact) mass is 474 g/mol. The van der Waals surface area contributed by atoms with Crippen LogP contribution in [0.15, 0.2) is 0 Å². The molecule has 6 unspecified atom stereocenters. The second-order valence-electron chi connectivity index (χ2n) is 12.2. The lowest BCUT2D eigenvalue weighted by atomic mass is 9.41. The van der Waals surface area contributed by atoms with Gasteiger partial charge in [0.15, 0.2) is 0 Å². The summed E-state index contributed by atoms with van der Waals surface area (Å²) < 4.78 is 32.1. The maximum absolute atomic E-state index is 11.7. The molecule has 6 nitrogen and oxygen atoms in total. The fraction of sp³-hybridized carbons (Fsp3) is 1.00. The lowest BCUT2D eigenvalue weighted by Gasteiger charge is -2.64. The Morgan fingerprint density at radius 1 is 0.938 bits per heavy atom. The van der Waals surface area contributed by atoms with Crippen molar-refractivity contribution in [3.63, 3.8) is 0 Å². The Labute approximate surface area is 195 Å². The fourth-order valence-electron chi connectivity index (χ4n) is 9.48. The second-order valence-corrected chi connectivity index (χ2v) is 13.4. The first kappa shape index (κ1) is 25.2. The van der Waals surface area contributed by atoms with E-state index in [0.717, 1.165) is 44.9 Å². The summed E-state index contributed by atoms with van der Waals surface area (Å²) in [4.78, 5) is 0. The Morgan fingerprint density at radius 2 is 1.59 bits per heavy atom. The Balaban J connectivity index is 1.55. The summed E-state index contributed by atoms with van der Waals surface area (Å²) in [6, 6.07) is 0. The largest absolute Gasteiger partial charge is 0.393 e. The Morgan fingerprint density at radius 3 is 2.25 bits per heavy atom. The molecule has 7 heteroatoms. The summed E-state index contributed by atoms with van der Waals surface area (Å²) in [5, 5.41) is 22.2. The first-order valence-corrected chi connectivity index (χ1v) is 14.4. The predicted octanol–water partition coefficient (Wildman–Crippen LogP) is 5.79. The lowest BCUT2D eigenvalue weighted by molar-refractivity contribution is -0.203. The molecule has 0 amide bonds. The Hall–Kier alpha value is 0.110. The van der Waals surface area contributed by atoms with Gasteiger partial charge in [0.1, 0.15) is 0 Å². The van der Waals surface area contributed by atoms with E-state index in [0.29, 0.717) is 41.9 Å². The van der Waals surface area contributed by atoms with Gasteiger partial charge < -0.3 is 10.2 Å². The third-order valence-electron chi connectivity index (χ3n) is 11.0. The first-order chi connectivity index (χ1) is 14.9. The maximum Gasteiger partial charge on any atom is 0.216 e. The highest BCUT2D eigenvalue weighted by atomic mass is 32.3. The van der Waals surface area contributed by atoms with E-state index in [4.69, 9.17) is 17.8 Å². The summed E-state index contributed by atoms with van der Waals surface area (Å²) in [5.74, 6) is 2.97. The summed E-state index contributed by atoms with van der Waals surface area (Å²) >= 11 is -3.89. The van der Waals surface area contributed by atoms with Crippen LogP contribution in [0.1, 0.15) is 85.5 Å². The average molecular weight is 475 g/mol. The van der Waals surface area contributed by atoms with Crippen molar-refractivity contribution in [2.75, 3.05) is 6.61 Å². The molecule has 4 rings (SSSR count). The zero-order valence-electron chi connectivity index (χ0n) is 20.3. The van der Waals surface area contributed by atoms with Crippen molar-refractivity contribution >= 4 is 11.2 Å². The molecule has 4 saturated carbocycles. The van der Waals surface area contributed by atoms with Gasteiger partial charge >= 0.3 is 0 Å². The van der Waals surface area contributed by atoms with Gasteiger partial charge in [0.2, 0.25) is 11.2 Å². The predicted molar refractivity (Wildman–Crippen MR) is 127 cm³/mol. The van der Waals surface area contributed by atoms with Crippen molar-refractivity contribution < 1.29 is 28.1 Å². The molecule has 0 spiro atoms. The molecule has 0 radical (unpaired) electrons. The zero-order valence-corrected chi connectivity index (χ0v) is 21.1. The number of fused-ring (bicyclic) bond motifs is 5. The third-order valence-corrected chi connectivity index (χ3v) is 11.4. The minimum absolute atomic E-state index is 0.145. The van der Waals surface area contributed by atoms with Crippen LogP contribution in [0.2, 0.25) is 0 Å². The molecule has 4 aliphatic rings. The summed E-state index contributed by atoms with van der Waals surface area (Å²) in [7, 11) is 0. The van der Waals surface area contributed by atoms with Gasteiger partial charge in [-0.1, -0.05) is 34.1 Å². The zero-order chi connectivity index (χ0) is 23.5. The van der Waals surface area contributed by atoms with Gasteiger partial charge in [0.25, 0.3) is 0 Å².